The molecule has 0 aromatic heterocycles. The second kappa shape index (κ2) is 2.91. The summed E-state index contributed by atoms with van der Waals surface area (Å²) in [5.41, 5.74) is 0. The van der Waals surface area contributed by atoms with E-state index in [0.717, 1.165) is 13.0 Å². The van der Waals surface area contributed by atoms with Gasteiger partial charge in [-0.1, -0.05) is 24.3 Å². The molecule has 0 aromatic rings. The van der Waals surface area contributed by atoms with Crippen LogP contribution in [0.15, 0.2) is 29.3 Å². The van der Waals surface area contributed by atoms with Crippen molar-refractivity contribution in [3.8, 4) is 0 Å². The molecule has 2 aliphatic rings. The van der Waals surface area contributed by atoms with Gasteiger partial charge >= 0.3 is 0 Å². The van der Waals surface area contributed by atoms with Gasteiger partial charge in [0.25, 0.3) is 0 Å². The summed E-state index contributed by atoms with van der Waals surface area (Å²) < 4.78 is 0. The van der Waals surface area contributed by atoms with Crippen molar-refractivity contribution in [3.05, 3.63) is 24.3 Å². The molecule has 2 heteroatoms. The lowest BCUT2D eigenvalue weighted by atomic mass is 9.97. The van der Waals surface area contributed by atoms with Crippen molar-refractivity contribution in [2.24, 2.45) is 10.9 Å². The Balaban J connectivity index is 2.14. The molecule has 0 aromatic carbocycles. The Kier molecular flexibility index (Phi) is 1.76. The molecule has 0 spiro atoms. The van der Waals surface area contributed by atoms with E-state index in [0.29, 0.717) is 12.0 Å². The maximum absolute atomic E-state index is 4.19. The molecule has 1 aliphatic carbocycles. The zero-order chi connectivity index (χ0) is 7.52. The van der Waals surface area contributed by atoms with Crippen LogP contribution in [0.1, 0.15) is 6.42 Å². The number of fused-ring (bicyclic) bond motifs is 1. The zero-order valence-electron chi connectivity index (χ0n) is 6.40. The Morgan fingerprint density at radius 1 is 1.36 bits per heavy atom. The van der Waals surface area contributed by atoms with Gasteiger partial charge in [0, 0.05) is 18.5 Å². The van der Waals surface area contributed by atoms with Crippen molar-refractivity contribution in [2.75, 3.05) is 6.54 Å². The SMILES string of the molecule is C1=CCC2NC=NCC2C=C1. The highest BCUT2D eigenvalue weighted by Crippen LogP contribution is 2.15. The van der Waals surface area contributed by atoms with Crippen molar-refractivity contribution >= 4 is 6.34 Å². The zero-order valence-corrected chi connectivity index (χ0v) is 6.40. The fraction of sp³-hybridized carbons (Fsp3) is 0.444. The van der Waals surface area contributed by atoms with Crippen LogP contribution in [0, 0.1) is 5.92 Å². The van der Waals surface area contributed by atoms with E-state index >= 15 is 0 Å². The van der Waals surface area contributed by atoms with Gasteiger partial charge in [-0.3, -0.25) is 4.99 Å². The fourth-order valence-corrected chi connectivity index (χ4v) is 1.52. The lowest BCUT2D eigenvalue weighted by molar-refractivity contribution is 0.461. The van der Waals surface area contributed by atoms with Crippen molar-refractivity contribution in [3.63, 3.8) is 0 Å². The third-order valence-electron chi connectivity index (χ3n) is 2.21. The molecule has 58 valence electrons. The molecular weight excluding hydrogens is 136 g/mol. The van der Waals surface area contributed by atoms with Crippen LogP contribution >= 0.6 is 0 Å². The average Bonchev–Trinajstić information content (AvgIpc) is 2.28. The molecule has 0 saturated heterocycles. The summed E-state index contributed by atoms with van der Waals surface area (Å²) in [6, 6.07) is 0.572. The van der Waals surface area contributed by atoms with Gasteiger partial charge in [0.15, 0.2) is 0 Å². The third-order valence-corrected chi connectivity index (χ3v) is 2.21. The predicted octanol–water partition coefficient (Wildman–Crippen LogP) is 1.12. The highest BCUT2D eigenvalue weighted by atomic mass is 15.0. The third kappa shape index (κ3) is 1.34. The molecule has 1 N–H and O–H groups in total. The molecule has 2 nitrogen and oxygen atoms in total. The van der Waals surface area contributed by atoms with Gasteiger partial charge in [-0.2, -0.15) is 0 Å². The monoisotopic (exact) mass is 148 g/mol. The second-order valence-electron chi connectivity index (χ2n) is 2.98. The van der Waals surface area contributed by atoms with E-state index in [1.165, 1.54) is 0 Å². The van der Waals surface area contributed by atoms with E-state index in [2.05, 4.69) is 34.6 Å². The Morgan fingerprint density at radius 2 is 2.36 bits per heavy atom. The first-order chi connectivity index (χ1) is 5.47. The fourth-order valence-electron chi connectivity index (χ4n) is 1.52. The first-order valence-corrected chi connectivity index (χ1v) is 4.04. The first kappa shape index (κ1) is 6.65. The Bertz CT molecular complexity index is 216. The van der Waals surface area contributed by atoms with Crippen molar-refractivity contribution in [1.29, 1.82) is 0 Å². The summed E-state index contributed by atoms with van der Waals surface area (Å²) in [6.45, 7) is 0.940. The number of aliphatic imine (C=N–C) groups is 1. The molecular formula is C9H12N2. The van der Waals surface area contributed by atoms with Gasteiger partial charge in [-0.05, 0) is 6.42 Å². The largest absolute Gasteiger partial charge is 0.373 e. The summed E-state index contributed by atoms with van der Waals surface area (Å²) in [7, 11) is 0. The van der Waals surface area contributed by atoms with Crippen molar-refractivity contribution in [2.45, 2.75) is 12.5 Å². The number of allylic oxidation sites excluding steroid dienone is 2. The summed E-state index contributed by atoms with van der Waals surface area (Å²) in [6.07, 6.45) is 11.6. The normalized spacial score (nSPS) is 34.2. The van der Waals surface area contributed by atoms with Crippen LogP contribution in [-0.2, 0) is 0 Å². The number of hydrogen-bond donors (Lipinski definition) is 1. The average molecular weight is 148 g/mol. The standard InChI is InChI=1S/C9H12N2/c1-2-4-8-6-10-7-11-9(8)5-3-1/h1-4,7-9H,5-6H2,(H,10,11). The molecule has 1 heterocycles. The number of nitrogens with one attached hydrogen (secondary N) is 1. The lowest BCUT2D eigenvalue weighted by Gasteiger charge is -2.24. The Hall–Kier alpha value is -1.05. The van der Waals surface area contributed by atoms with E-state index in [4.69, 9.17) is 0 Å². The maximum Gasteiger partial charge on any atom is 0.0826 e. The lowest BCUT2D eigenvalue weighted by Crippen LogP contribution is -2.38. The van der Waals surface area contributed by atoms with Crippen LogP contribution < -0.4 is 5.32 Å². The minimum absolute atomic E-state index is 0.572. The molecule has 1 aliphatic heterocycles. The molecule has 0 radical (unpaired) electrons. The predicted molar refractivity (Wildman–Crippen MR) is 46.7 cm³/mol. The van der Waals surface area contributed by atoms with Gasteiger partial charge in [-0.25, -0.2) is 0 Å². The van der Waals surface area contributed by atoms with Gasteiger partial charge in [0.2, 0.25) is 0 Å². The molecule has 0 amide bonds. The van der Waals surface area contributed by atoms with E-state index in [1.807, 2.05) is 6.34 Å². The quantitative estimate of drug-likeness (QED) is 0.547. The highest BCUT2D eigenvalue weighted by molar-refractivity contribution is 5.56. The summed E-state index contributed by atoms with van der Waals surface area (Å²) in [4.78, 5) is 4.19. The Labute approximate surface area is 66.7 Å². The van der Waals surface area contributed by atoms with Crippen LogP contribution in [0.25, 0.3) is 0 Å². The van der Waals surface area contributed by atoms with Crippen molar-refractivity contribution in [1.82, 2.24) is 5.32 Å². The highest BCUT2D eigenvalue weighted by Gasteiger charge is 2.19. The smallest absolute Gasteiger partial charge is 0.0826 e. The van der Waals surface area contributed by atoms with E-state index < -0.39 is 0 Å². The Morgan fingerprint density at radius 3 is 3.36 bits per heavy atom. The number of rotatable bonds is 0. The minimum Gasteiger partial charge on any atom is -0.373 e. The molecule has 2 unspecified atom stereocenters. The van der Waals surface area contributed by atoms with Gasteiger partial charge in [0.05, 0.1) is 6.34 Å². The summed E-state index contributed by atoms with van der Waals surface area (Å²) in [5, 5.41) is 3.27. The van der Waals surface area contributed by atoms with Gasteiger partial charge in [0.1, 0.15) is 0 Å². The summed E-state index contributed by atoms with van der Waals surface area (Å²) in [5.74, 6) is 0.593. The van der Waals surface area contributed by atoms with Crippen LogP contribution in [0.3, 0.4) is 0 Å². The van der Waals surface area contributed by atoms with E-state index in [9.17, 15) is 0 Å². The van der Waals surface area contributed by atoms with Crippen LogP contribution in [0.4, 0.5) is 0 Å². The molecule has 2 atom stereocenters. The van der Waals surface area contributed by atoms with Gasteiger partial charge in [-0.15, -0.1) is 0 Å². The van der Waals surface area contributed by atoms with Crippen LogP contribution in [0.2, 0.25) is 0 Å². The summed E-state index contributed by atoms with van der Waals surface area (Å²) >= 11 is 0. The van der Waals surface area contributed by atoms with Crippen molar-refractivity contribution < 1.29 is 0 Å². The molecule has 11 heavy (non-hydrogen) atoms. The molecule has 0 saturated carbocycles. The number of hydrogen-bond acceptors (Lipinski definition) is 2. The van der Waals surface area contributed by atoms with E-state index in [1.54, 1.807) is 0 Å². The number of nitrogens with zero attached hydrogens (tertiary/aromatic N) is 1. The first-order valence-electron chi connectivity index (χ1n) is 4.04. The maximum atomic E-state index is 4.19. The minimum atomic E-state index is 0.572. The molecule has 0 bridgehead atoms. The van der Waals surface area contributed by atoms with Crippen LogP contribution in [-0.4, -0.2) is 18.9 Å². The van der Waals surface area contributed by atoms with E-state index in [-0.39, 0.29) is 0 Å². The topological polar surface area (TPSA) is 24.4 Å². The van der Waals surface area contributed by atoms with Gasteiger partial charge < -0.3 is 5.32 Å². The molecule has 2 rings (SSSR count). The molecule has 0 fully saturated rings. The second-order valence-corrected chi connectivity index (χ2v) is 2.98. The van der Waals surface area contributed by atoms with Crippen LogP contribution in [0.5, 0.6) is 0 Å².